The molecule has 2 aromatic carbocycles. The number of aryl methyl sites for hydroxylation is 1. The van der Waals surface area contributed by atoms with Gasteiger partial charge in [-0.2, -0.15) is 0 Å². The van der Waals surface area contributed by atoms with Gasteiger partial charge in [0.1, 0.15) is 6.04 Å². The monoisotopic (exact) mass is 390 g/mol. The molecule has 0 saturated heterocycles. The number of hydrogen-bond acceptors (Lipinski definition) is 4. The molecule has 0 fully saturated rings. The molecule has 0 radical (unpaired) electrons. The van der Waals surface area contributed by atoms with Crippen molar-refractivity contribution in [2.75, 3.05) is 9.62 Å². The summed E-state index contributed by atoms with van der Waals surface area (Å²) < 4.78 is 27.2. The van der Waals surface area contributed by atoms with Crippen molar-refractivity contribution in [2.45, 2.75) is 38.1 Å². The van der Waals surface area contributed by atoms with Crippen LogP contribution in [0.15, 0.2) is 53.4 Å². The number of sulfonamides is 1. The molecular formula is C19H22N2O5S. The lowest BCUT2D eigenvalue weighted by Crippen LogP contribution is -2.43. The smallest absolute Gasteiger partial charge is 0.327 e. The van der Waals surface area contributed by atoms with Crippen molar-refractivity contribution < 1.29 is 23.1 Å². The Kier molecular flexibility index (Phi) is 6.22. The normalized spacial score (nSPS) is 12.3. The number of carboxylic acids is 1. The maximum absolute atomic E-state index is 13.1. The Morgan fingerprint density at radius 3 is 2.07 bits per heavy atom. The van der Waals surface area contributed by atoms with Gasteiger partial charge in [-0.05, 0) is 55.3 Å². The summed E-state index contributed by atoms with van der Waals surface area (Å²) >= 11 is 0. The number of anilines is 2. The Balaban J connectivity index is 2.49. The summed E-state index contributed by atoms with van der Waals surface area (Å²) in [6.07, 6.45) is 0.784. The Morgan fingerprint density at radius 1 is 1.07 bits per heavy atom. The first kappa shape index (κ1) is 20.4. The van der Waals surface area contributed by atoms with Crippen LogP contribution in [0, 0.1) is 0 Å². The summed E-state index contributed by atoms with van der Waals surface area (Å²) in [5.74, 6) is -1.53. The number of carbonyl (C=O) groups excluding carboxylic acids is 1. The van der Waals surface area contributed by atoms with Crippen LogP contribution in [0.5, 0.6) is 0 Å². The highest BCUT2D eigenvalue weighted by Gasteiger charge is 2.33. The second-order valence-corrected chi connectivity index (χ2v) is 7.86. The number of rotatable bonds is 7. The van der Waals surface area contributed by atoms with Gasteiger partial charge in [0.15, 0.2) is 0 Å². The molecule has 144 valence electrons. The molecule has 27 heavy (non-hydrogen) atoms. The highest BCUT2D eigenvalue weighted by Crippen LogP contribution is 2.27. The van der Waals surface area contributed by atoms with Crippen molar-refractivity contribution in [3.63, 3.8) is 0 Å². The topological polar surface area (TPSA) is 104 Å². The van der Waals surface area contributed by atoms with Crippen LogP contribution in [0.25, 0.3) is 0 Å². The van der Waals surface area contributed by atoms with Crippen molar-refractivity contribution in [3.05, 3.63) is 54.1 Å². The Labute approximate surface area is 158 Å². The molecule has 0 spiro atoms. The molecule has 2 aromatic rings. The summed E-state index contributed by atoms with van der Waals surface area (Å²) in [4.78, 5) is 22.6. The van der Waals surface area contributed by atoms with Gasteiger partial charge >= 0.3 is 5.97 Å². The molecule has 0 bridgehead atoms. The third-order valence-electron chi connectivity index (χ3n) is 4.04. The van der Waals surface area contributed by atoms with Crippen molar-refractivity contribution in [3.8, 4) is 0 Å². The highest BCUT2D eigenvalue weighted by atomic mass is 32.2. The average molecular weight is 390 g/mol. The summed E-state index contributed by atoms with van der Waals surface area (Å²) in [5, 5.41) is 12.0. The van der Waals surface area contributed by atoms with Crippen LogP contribution in [0.2, 0.25) is 0 Å². The van der Waals surface area contributed by atoms with Crippen LogP contribution < -0.4 is 9.62 Å². The number of carbonyl (C=O) groups is 2. The predicted molar refractivity (Wildman–Crippen MR) is 103 cm³/mol. The first-order valence-corrected chi connectivity index (χ1v) is 9.84. The number of nitrogens with zero attached hydrogens (tertiary/aromatic N) is 1. The van der Waals surface area contributed by atoms with Gasteiger partial charge in [-0.3, -0.25) is 9.10 Å². The molecule has 2 rings (SSSR count). The van der Waals surface area contributed by atoms with E-state index >= 15 is 0 Å². The fraction of sp³-hybridized carbons (Fsp3) is 0.263. The van der Waals surface area contributed by atoms with Gasteiger partial charge in [0.2, 0.25) is 5.91 Å². The zero-order valence-electron chi connectivity index (χ0n) is 15.3. The Hall–Kier alpha value is -2.87. The molecule has 2 N–H and O–H groups in total. The molecule has 0 saturated carbocycles. The quantitative estimate of drug-likeness (QED) is 0.756. The second-order valence-electron chi connectivity index (χ2n) is 6.04. The second kappa shape index (κ2) is 8.22. The largest absolute Gasteiger partial charge is 0.480 e. The van der Waals surface area contributed by atoms with E-state index in [0.29, 0.717) is 5.69 Å². The molecule has 0 aliphatic carbocycles. The van der Waals surface area contributed by atoms with Crippen LogP contribution in [-0.2, 0) is 26.0 Å². The lowest BCUT2D eigenvalue weighted by Gasteiger charge is -2.28. The number of nitrogens with one attached hydrogen (secondary N) is 1. The third kappa shape index (κ3) is 4.65. The molecule has 0 aliphatic heterocycles. The van der Waals surface area contributed by atoms with E-state index in [9.17, 15) is 23.1 Å². The minimum atomic E-state index is -4.12. The molecule has 1 amide bonds. The van der Waals surface area contributed by atoms with Crippen molar-refractivity contribution >= 4 is 33.3 Å². The molecule has 8 heteroatoms. The summed E-state index contributed by atoms with van der Waals surface area (Å²) in [7, 11) is -4.12. The van der Waals surface area contributed by atoms with E-state index in [1.165, 1.54) is 38.1 Å². The number of carboxylic acid groups (broad SMARTS) is 1. The Morgan fingerprint density at radius 2 is 1.63 bits per heavy atom. The summed E-state index contributed by atoms with van der Waals surface area (Å²) in [6, 6.07) is 11.0. The van der Waals surface area contributed by atoms with Crippen LogP contribution in [0.1, 0.15) is 26.3 Å². The average Bonchev–Trinajstić information content (AvgIpc) is 2.62. The standard InChI is InChI=1S/C19H22N2O5S/c1-4-15-5-9-17(10-6-15)21(13(2)19(23)24)27(25,26)18-11-7-16(8-12-18)20-14(3)22/h5-13H,4H2,1-3H3,(H,20,22)(H,23,24). The van der Waals surface area contributed by atoms with Gasteiger partial charge in [-0.1, -0.05) is 19.1 Å². The minimum Gasteiger partial charge on any atom is -0.480 e. The zero-order valence-corrected chi connectivity index (χ0v) is 16.2. The van der Waals surface area contributed by atoms with Gasteiger partial charge in [-0.15, -0.1) is 0 Å². The van der Waals surface area contributed by atoms with E-state index in [4.69, 9.17) is 0 Å². The number of benzene rings is 2. The SMILES string of the molecule is CCc1ccc(N(C(C)C(=O)O)S(=O)(=O)c2ccc(NC(C)=O)cc2)cc1. The first-order valence-electron chi connectivity index (χ1n) is 8.40. The van der Waals surface area contributed by atoms with Gasteiger partial charge in [0, 0.05) is 12.6 Å². The van der Waals surface area contributed by atoms with Gasteiger partial charge < -0.3 is 10.4 Å². The van der Waals surface area contributed by atoms with Crippen LogP contribution in [0.4, 0.5) is 11.4 Å². The van der Waals surface area contributed by atoms with E-state index < -0.39 is 22.0 Å². The van der Waals surface area contributed by atoms with E-state index in [0.717, 1.165) is 16.3 Å². The summed E-state index contributed by atoms with van der Waals surface area (Å²) in [6.45, 7) is 4.64. The lowest BCUT2D eigenvalue weighted by atomic mass is 10.1. The fourth-order valence-electron chi connectivity index (χ4n) is 2.58. The number of aliphatic carboxylic acids is 1. The van der Waals surface area contributed by atoms with E-state index in [1.54, 1.807) is 24.3 Å². The molecule has 1 unspecified atom stereocenters. The van der Waals surface area contributed by atoms with Crippen LogP contribution in [0.3, 0.4) is 0 Å². The number of hydrogen-bond donors (Lipinski definition) is 2. The maximum Gasteiger partial charge on any atom is 0.327 e. The molecule has 0 aliphatic rings. The summed E-state index contributed by atoms with van der Waals surface area (Å²) in [5.41, 5.74) is 1.73. The number of amides is 1. The minimum absolute atomic E-state index is 0.0655. The lowest BCUT2D eigenvalue weighted by molar-refractivity contribution is -0.137. The first-order chi connectivity index (χ1) is 12.7. The molecule has 0 aromatic heterocycles. The highest BCUT2D eigenvalue weighted by molar-refractivity contribution is 7.92. The zero-order chi connectivity index (χ0) is 20.2. The predicted octanol–water partition coefficient (Wildman–Crippen LogP) is 2.88. The van der Waals surface area contributed by atoms with Gasteiger partial charge in [0.25, 0.3) is 10.0 Å². The Bertz CT molecular complexity index is 922. The van der Waals surface area contributed by atoms with Gasteiger partial charge in [0.05, 0.1) is 10.6 Å². The van der Waals surface area contributed by atoms with Crippen molar-refractivity contribution in [1.82, 2.24) is 0 Å². The van der Waals surface area contributed by atoms with Crippen LogP contribution in [-0.4, -0.2) is 31.4 Å². The molecule has 1 atom stereocenters. The van der Waals surface area contributed by atoms with Crippen molar-refractivity contribution in [1.29, 1.82) is 0 Å². The van der Waals surface area contributed by atoms with Crippen LogP contribution >= 0.6 is 0 Å². The van der Waals surface area contributed by atoms with E-state index in [2.05, 4.69) is 5.32 Å². The molecule has 0 heterocycles. The van der Waals surface area contributed by atoms with E-state index in [-0.39, 0.29) is 16.5 Å². The maximum atomic E-state index is 13.1. The van der Waals surface area contributed by atoms with Crippen molar-refractivity contribution in [2.24, 2.45) is 0 Å². The van der Waals surface area contributed by atoms with Gasteiger partial charge in [-0.25, -0.2) is 13.2 Å². The molecule has 7 nitrogen and oxygen atoms in total. The van der Waals surface area contributed by atoms with E-state index in [1.807, 2.05) is 6.92 Å². The fourth-order valence-corrected chi connectivity index (χ4v) is 4.19. The molecular weight excluding hydrogens is 368 g/mol. The third-order valence-corrected chi connectivity index (χ3v) is 5.95.